The molecule has 1 aromatic heterocycles. The molecule has 0 bridgehead atoms. The van der Waals surface area contributed by atoms with E-state index in [1.165, 1.54) is 37.3 Å². The zero-order valence-electron chi connectivity index (χ0n) is 11.3. The van der Waals surface area contributed by atoms with Crippen LogP contribution in [0.25, 0.3) is 0 Å². The van der Waals surface area contributed by atoms with Gasteiger partial charge in [0.05, 0.1) is 0 Å². The van der Waals surface area contributed by atoms with Crippen molar-refractivity contribution in [2.45, 2.75) is 40.5 Å². The minimum atomic E-state index is -0.847. The third-order valence-electron chi connectivity index (χ3n) is 1.69. The molecule has 1 aliphatic heterocycles. The highest BCUT2D eigenvalue weighted by Crippen LogP contribution is 2.06. The van der Waals surface area contributed by atoms with Crippen LogP contribution in [0, 0.1) is 0 Å². The van der Waals surface area contributed by atoms with Crippen LogP contribution in [0.2, 0.25) is 0 Å². The minimum Gasteiger partial charge on any atom is -0.477 e. The summed E-state index contributed by atoms with van der Waals surface area (Å²) in [6.07, 6.45) is 2.78. The van der Waals surface area contributed by atoms with Crippen LogP contribution in [0.15, 0.2) is 17.5 Å². The molecule has 1 aromatic rings. The number of hydrogen-bond donors (Lipinski definition) is 2. The first-order valence-corrected chi connectivity index (χ1v) is 7.16. The lowest BCUT2D eigenvalue weighted by molar-refractivity contribution is 0.0702. The van der Waals surface area contributed by atoms with E-state index < -0.39 is 5.97 Å². The van der Waals surface area contributed by atoms with Gasteiger partial charge in [-0.3, -0.25) is 0 Å². The summed E-state index contributed by atoms with van der Waals surface area (Å²) in [5, 5.41) is 13.2. The lowest BCUT2D eigenvalue weighted by Gasteiger charge is -1.78. The van der Waals surface area contributed by atoms with Crippen LogP contribution in [-0.2, 0) is 0 Å². The Morgan fingerprint density at radius 2 is 1.76 bits per heavy atom. The number of rotatable bonds is 1. The summed E-state index contributed by atoms with van der Waals surface area (Å²) in [5.74, 6) is -0.847. The lowest BCUT2D eigenvalue weighted by atomic mass is 10.4. The van der Waals surface area contributed by atoms with E-state index >= 15 is 0 Å². The SMILES string of the molecule is C1CCNC1.CC.CC.O=C(O)c1cccs1. The molecule has 0 amide bonds. The van der Waals surface area contributed by atoms with Gasteiger partial charge in [0.2, 0.25) is 0 Å². The van der Waals surface area contributed by atoms with Crippen molar-refractivity contribution in [1.29, 1.82) is 0 Å². The van der Waals surface area contributed by atoms with E-state index in [2.05, 4.69) is 5.32 Å². The predicted molar refractivity (Wildman–Crippen MR) is 76.1 cm³/mol. The van der Waals surface area contributed by atoms with Crippen molar-refractivity contribution < 1.29 is 9.90 Å². The lowest BCUT2D eigenvalue weighted by Crippen LogP contribution is -2.03. The Labute approximate surface area is 109 Å². The van der Waals surface area contributed by atoms with Crippen molar-refractivity contribution >= 4 is 17.3 Å². The number of carboxylic acid groups (broad SMARTS) is 1. The van der Waals surface area contributed by atoms with Crippen molar-refractivity contribution in [3.63, 3.8) is 0 Å². The fourth-order valence-electron chi connectivity index (χ4n) is 1.03. The average Bonchev–Trinajstić information content (AvgIpc) is 3.10. The van der Waals surface area contributed by atoms with Gasteiger partial charge in [-0.15, -0.1) is 11.3 Å². The highest BCUT2D eigenvalue weighted by Gasteiger charge is 1.99. The minimum absolute atomic E-state index is 0.394. The van der Waals surface area contributed by atoms with E-state index in [0.717, 1.165) is 0 Å². The molecule has 4 heteroatoms. The van der Waals surface area contributed by atoms with E-state index in [1.807, 2.05) is 27.7 Å². The largest absolute Gasteiger partial charge is 0.477 e. The fourth-order valence-corrected chi connectivity index (χ4v) is 1.59. The maximum Gasteiger partial charge on any atom is 0.345 e. The summed E-state index contributed by atoms with van der Waals surface area (Å²) in [7, 11) is 0. The van der Waals surface area contributed by atoms with Gasteiger partial charge >= 0.3 is 5.97 Å². The van der Waals surface area contributed by atoms with Gasteiger partial charge in [0.15, 0.2) is 0 Å². The summed E-state index contributed by atoms with van der Waals surface area (Å²) in [4.78, 5) is 10.5. The highest BCUT2D eigenvalue weighted by molar-refractivity contribution is 7.11. The molecule has 2 N–H and O–H groups in total. The van der Waals surface area contributed by atoms with Gasteiger partial charge in [-0.25, -0.2) is 4.79 Å². The Morgan fingerprint density at radius 1 is 1.24 bits per heavy atom. The number of thiophene rings is 1. The van der Waals surface area contributed by atoms with Crippen LogP contribution >= 0.6 is 11.3 Å². The molecule has 100 valence electrons. The zero-order valence-corrected chi connectivity index (χ0v) is 12.1. The number of aromatic carboxylic acids is 1. The number of carboxylic acids is 1. The molecule has 0 aromatic carbocycles. The smallest absolute Gasteiger partial charge is 0.345 e. The second kappa shape index (κ2) is 15.1. The van der Waals surface area contributed by atoms with Crippen LogP contribution in [0.5, 0.6) is 0 Å². The van der Waals surface area contributed by atoms with Crippen molar-refractivity contribution in [2.75, 3.05) is 13.1 Å². The average molecular weight is 259 g/mol. The summed E-state index contributed by atoms with van der Waals surface area (Å²) in [5.41, 5.74) is 0. The number of carbonyl (C=O) groups is 1. The van der Waals surface area contributed by atoms with E-state index in [-0.39, 0.29) is 0 Å². The zero-order chi connectivity index (χ0) is 13.5. The summed E-state index contributed by atoms with van der Waals surface area (Å²) in [6.45, 7) is 10.5. The first-order valence-electron chi connectivity index (χ1n) is 6.28. The van der Waals surface area contributed by atoms with E-state index in [0.29, 0.717) is 4.88 Å². The highest BCUT2D eigenvalue weighted by atomic mass is 32.1. The molecule has 3 nitrogen and oxygen atoms in total. The van der Waals surface area contributed by atoms with Gasteiger partial charge in [0.1, 0.15) is 4.88 Å². The number of nitrogens with one attached hydrogen (secondary N) is 1. The standard InChI is InChI=1S/C5H4O2S.C4H9N.2C2H6/c6-5(7)4-2-1-3-8-4;1-2-4-5-3-1;2*1-2/h1-3H,(H,6,7);5H,1-4H2;2*1-2H3. The third kappa shape index (κ3) is 11.4. The molecular formula is C13H25NO2S. The summed E-state index contributed by atoms with van der Waals surface area (Å²) >= 11 is 1.23. The van der Waals surface area contributed by atoms with Crippen molar-refractivity contribution in [2.24, 2.45) is 0 Å². The van der Waals surface area contributed by atoms with Gasteiger partial charge in [-0.05, 0) is 37.4 Å². The molecule has 0 atom stereocenters. The molecule has 0 radical (unpaired) electrons. The van der Waals surface area contributed by atoms with E-state index in [1.54, 1.807) is 17.5 Å². The Balaban J connectivity index is 0. The van der Waals surface area contributed by atoms with Crippen molar-refractivity contribution in [1.82, 2.24) is 5.32 Å². The van der Waals surface area contributed by atoms with Gasteiger partial charge < -0.3 is 10.4 Å². The maximum absolute atomic E-state index is 10.1. The fraction of sp³-hybridized carbons (Fsp3) is 0.615. The summed E-state index contributed by atoms with van der Waals surface area (Å²) in [6, 6.07) is 3.29. The molecular weight excluding hydrogens is 234 g/mol. The normalized spacial score (nSPS) is 12.0. The molecule has 2 heterocycles. The monoisotopic (exact) mass is 259 g/mol. The Kier molecular flexibility index (Phi) is 16.5. The van der Waals surface area contributed by atoms with E-state index in [4.69, 9.17) is 5.11 Å². The van der Waals surface area contributed by atoms with Crippen LogP contribution in [0.3, 0.4) is 0 Å². The molecule has 0 aliphatic carbocycles. The quantitative estimate of drug-likeness (QED) is 0.805. The van der Waals surface area contributed by atoms with Gasteiger partial charge in [-0.1, -0.05) is 33.8 Å². The van der Waals surface area contributed by atoms with Crippen molar-refractivity contribution in [3.05, 3.63) is 22.4 Å². The van der Waals surface area contributed by atoms with Crippen LogP contribution < -0.4 is 5.32 Å². The van der Waals surface area contributed by atoms with Crippen molar-refractivity contribution in [3.8, 4) is 0 Å². The summed E-state index contributed by atoms with van der Waals surface area (Å²) < 4.78 is 0. The molecule has 0 spiro atoms. The molecule has 2 rings (SSSR count). The van der Waals surface area contributed by atoms with Gasteiger partial charge in [0, 0.05) is 0 Å². The molecule has 17 heavy (non-hydrogen) atoms. The molecule has 1 saturated heterocycles. The second-order valence-corrected chi connectivity index (χ2v) is 3.69. The topological polar surface area (TPSA) is 49.3 Å². The van der Waals surface area contributed by atoms with Crippen LogP contribution in [0.1, 0.15) is 50.2 Å². The Morgan fingerprint density at radius 3 is 1.94 bits per heavy atom. The Hall–Kier alpha value is -0.870. The Bertz CT molecular complexity index is 236. The maximum atomic E-state index is 10.1. The first kappa shape index (κ1) is 18.5. The molecule has 1 fully saturated rings. The molecule has 0 unspecified atom stereocenters. The van der Waals surface area contributed by atoms with Gasteiger partial charge in [0.25, 0.3) is 0 Å². The number of hydrogen-bond acceptors (Lipinski definition) is 3. The third-order valence-corrected chi connectivity index (χ3v) is 2.55. The van der Waals surface area contributed by atoms with Gasteiger partial charge in [-0.2, -0.15) is 0 Å². The molecule has 1 aliphatic rings. The molecule has 0 saturated carbocycles. The predicted octanol–water partition coefficient (Wildman–Crippen LogP) is 3.87. The second-order valence-electron chi connectivity index (χ2n) is 2.74. The van der Waals surface area contributed by atoms with Crippen LogP contribution in [0.4, 0.5) is 0 Å². The van der Waals surface area contributed by atoms with Crippen LogP contribution in [-0.4, -0.2) is 24.2 Å². The van der Waals surface area contributed by atoms with E-state index in [9.17, 15) is 4.79 Å². The first-order chi connectivity index (χ1) is 8.30.